The molecule has 2 rings (SSSR count). The summed E-state index contributed by atoms with van der Waals surface area (Å²) >= 11 is 0. The van der Waals surface area contributed by atoms with E-state index in [1.807, 2.05) is 0 Å². The van der Waals surface area contributed by atoms with Crippen LogP contribution >= 0.6 is 0 Å². The third kappa shape index (κ3) is 3.87. The van der Waals surface area contributed by atoms with E-state index in [1.165, 1.54) is 0 Å². The number of carbonyl (C=O) groups is 2. The van der Waals surface area contributed by atoms with Crippen molar-refractivity contribution in [2.75, 3.05) is 33.8 Å². The Morgan fingerprint density at radius 2 is 1.86 bits per heavy atom. The van der Waals surface area contributed by atoms with Crippen LogP contribution in [0.5, 0.6) is 0 Å². The summed E-state index contributed by atoms with van der Waals surface area (Å²) < 4.78 is 0. The Balaban J connectivity index is 1.79. The number of aliphatic hydroxyl groups is 1. The minimum atomic E-state index is -0.00356. The average Bonchev–Trinajstić information content (AvgIpc) is 2.93. The number of aliphatic hydroxyl groups excluding tert-OH is 1. The van der Waals surface area contributed by atoms with Crippen molar-refractivity contribution < 1.29 is 14.7 Å². The normalized spacial score (nSPS) is 26.7. The molecule has 1 saturated heterocycles. The van der Waals surface area contributed by atoms with Gasteiger partial charge in [-0.05, 0) is 25.7 Å². The predicted octanol–water partition coefficient (Wildman–Crippen LogP) is 0.657. The lowest BCUT2D eigenvalue weighted by Gasteiger charge is -2.33. The molecule has 3 amide bonds. The quantitative estimate of drug-likeness (QED) is 0.803. The van der Waals surface area contributed by atoms with Crippen molar-refractivity contribution >= 4 is 11.9 Å². The van der Waals surface area contributed by atoms with E-state index in [9.17, 15) is 14.7 Å². The van der Waals surface area contributed by atoms with Crippen LogP contribution < -0.4 is 5.32 Å². The third-order valence-electron chi connectivity index (χ3n) is 4.74. The molecule has 6 nitrogen and oxygen atoms in total. The number of rotatable bonds is 3. The van der Waals surface area contributed by atoms with Gasteiger partial charge < -0.3 is 20.2 Å². The van der Waals surface area contributed by atoms with Crippen molar-refractivity contribution in [3.63, 3.8) is 0 Å². The summed E-state index contributed by atoms with van der Waals surface area (Å²) in [6, 6.07) is 0.147. The highest BCUT2D eigenvalue weighted by Crippen LogP contribution is 2.26. The highest BCUT2D eigenvalue weighted by atomic mass is 16.3. The first-order valence-corrected chi connectivity index (χ1v) is 7.90. The average molecular weight is 297 g/mol. The van der Waals surface area contributed by atoms with E-state index < -0.39 is 0 Å². The topological polar surface area (TPSA) is 72.9 Å². The molecule has 2 fully saturated rings. The van der Waals surface area contributed by atoms with Crippen LogP contribution in [0.1, 0.15) is 32.1 Å². The lowest BCUT2D eigenvalue weighted by Crippen LogP contribution is -2.48. The van der Waals surface area contributed by atoms with Gasteiger partial charge in [0, 0.05) is 51.7 Å². The Labute approximate surface area is 126 Å². The van der Waals surface area contributed by atoms with E-state index in [0.717, 1.165) is 32.1 Å². The number of nitrogens with one attached hydrogen (secondary N) is 1. The fraction of sp³-hybridized carbons (Fsp3) is 0.867. The molecule has 1 saturated carbocycles. The molecule has 2 aliphatic rings. The molecule has 0 radical (unpaired) electrons. The molecule has 120 valence electrons. The minimum Gasteiger partial charge on any atom is -0.396 e. The highest BCUT2D eigenvalue weighted by Gasteiger charge is 2.32. The maximum atomic E-state index is 12.3. The number of urea groups is 1. The molecular formula is C15H27N3O3. The van der Waals surface area contributed by atoms with E-state index in [2.05, 4.69) is 5.32 Å². The molecule has 0 aromatic carbocycles. The molecule has 6 heteroatoms. The van der Waals surface area contributed by atoms with Gasteiger partial charge in [-0.25, -0.2) is 4.79 Å². The predicted molar refractivity (Wildman–Crippen MR) is 79.7 cm³/mol. The molecule has 0 bridgehead atoms. The molecule has 0 aromatic rings. The van der Waals surface area contributed by atoms with Crippen LogP contribution in [0.15, 0.2) is 0 Å². The van der Waals surface area contributed by atoms with Gasteiger partial charge in [0.25, 0.3) is 0 Å². The molecule has 1 aliphatic carbocycles. The number of hydrogen-bond donors (Lipinski definition) is 2. The van der Waals surface area contributed by atoms with E-state index in [-0.39, 0.29) is 36.4 Å². The van der Waals surface area contributed by atoms with E-state index >= 15 is 0 Å². The standard InChI is InChI=1S/C15H27N3O3/c1-17(2)15(21)18-8-6-11(7-9-18)14(20)16-13-5-3-4-12(13)10-19/h11-13,19H,3-10H2,1-2H3,(H,16,20). The zero-order chi connectivity index (χ0) is 15.4. The first-order valence-electron chi connectivity index (χ1n) is 7.90. The molecule has 2 unspecified atom stereocenters. The van der Waals surface area contributed by atoms with Gasteiger partial charge in [-0.2, -0.15) is 0 Å². The molecular weight excluding hydrogens is 270 g/mol. The minimum absolute atomic E-state index is 0.00356. The van der Waals surface area contributed by atoms with Crippen LogP contribution in [0, 0.1) is 11.8 Å². The largest absolute Gasteiger partial charge is 0.396 e. The first kappa shape index (κ1) is 16.1. The van der Waals surface area contributed by atoms with Gasteiger partial charge in [-0.1, -0.05) is 6.42 Å². The lowest BCUT2D eigenvalue weighted by molar-refractivity contribution is -0.127. The Morgan fingerprint density at radius 3 is 2.43 bits per heavy atom. The second kappa shape index (κ2) is 7.11. The summed E-state index contributed by atoms with van der Waals surface area (Å²) in [6.45, 7) is 1.44. The molecule has 0 aromatic heterocycles. The molecule has 1 heterocycles. The highest BCUT2D eigenvalue weighted by molar-refractivity contribution is 5.80. The smallest absolute Gasteiger partial charge is 0.319 e. The zero-order valence-electron chi connectivity index (χ0n) is 13.0. The maximum absolute atomic E-state index is 12.3. The second-order valence-corrected chi connectivity index (χ2v) is 6.43. The van der Waals surface area contributed by atoms with Gasteiger partial charge >= 0.3 is 6.03 Å². The van der Waals surface area contributed by atoms with Gasteiger partial charge in [-0.15, -0.1) is 0 Å². The number of hydrogen-bond acceptors (Lipinski definition) is 3. The van der Waals surface area contributed by atoms with Gasteiger partial charge in [0.1, 0.15) is 0 Å². The molecule has 2 N–H and O–H groups in total. The Bertz CT molecular complexity index is 378. The van der Waals surface area contributed by atoms with Crippen LogP contribution in [0.25, 0.3) is 0 Å². The van der Waals surface area contributed by atoms with Crippen molar-refractivity contribution in [2.24, 2.45) is 11.8 Å². The van der Waals surface area contributed by atoms with Crippen molar-refractivity contribution in [2.45, 2.75) is 38.1 Å². The summed E-state index contributed by atoms with van der Waals surface area (Å²) in [4.78, 5) is 27.6. The van der Waals surface area contributed by atoms with Crippen molar-refractivity contribution in [1.29, 1.82) is 0 Å². The van der Waals surface area contributed by atoms with Gasteiger partial charge in [0.15, 0.2) is 0 Å². The number of nitrogens with zero attached hydrogens (tertiary/aromatic N) is 2. The van der Waals surface area contributed by atoms with Crippen LogP contribution in [-0.2, 0) is 4.79 Å². The Hall–Kier alpha value is -1.30. The van der Waals surface area contributed by atoms with E-state index in [4.69, 9.17) is 0 Å². The van der Waals surface area contributed by atoms with Crippen LogP contribution in [-0.4, -0.2) is 66.7 Å². The zero-order valence-corrected chi connectivity index (χ0v) is 13.0. The van der Waals surface area contributed by atoms with Crippen LogP contribution in [0.4, 0.5) is 4.79 Å². The molecule has 2 atom stereocenters. The van der Waals surface area contributed by atoms with Gasteiger partial charge in [0.05, 0.1) is 0 Å². The van der Waals surface area contributed by atoms with E-state index in [1.54, 1.807) is 23.9 Å². The Kier molecular flexibility index (Phi) is 5.45. The summed E-state index contributed by atoms with van der Waals surface area (Å²) in [5, 5.41) is 12.4. The molecule has 0 spiro atoms. The molecule has 21 heavy (non-hydrogen) atoms. The van der Waals surface area contributed by atoms with Gasteiger partial charge in [0.2, 0.25) is 5.91 Å². The van der Waals surface area contributed by atoms with Crippen LogP contribution in [0.2, 0.25) is 0 Å². The maximum Gasteiger partial charge on any atom is 0.319 e. The van der Waals surface area contributed by atoms with Crippen molar-refractivity contribution in [1.82, 2.24) is 15.1 Å². The summed E-state index contributed by atoms with van der Waals surface area (Å²) in [7, 11) is 3.49. The van der Waals surface area contributed by atoms with Gasteiger partial charge in [-0.3, -0.25) is 4.79 Å². The number of piperidine rings is 1. The van der Waals surface area contributed by atoms with Crippen molar-refractivity contribution in [3.8, 4) is 0 Å². The van der Waals surface area contributed by atoms with Crippen molar-refractivity contribution in [3.05, 3.63) is 0 Å². The fourth-order valence-electron chi connectivity index (χ4n) is 3.36. The summed E-state index contributed by atoms with van der Waals surface area (Å²) in [5.74, 6) is 0.304. The fourth-order valence-corrected chi connectivity index (χ4v) is 3.36. The number of likely N-dealkylation sites (tertiary alicyclic amines) is 1. The second-order valence-electron chi connectivity index (χ2n) is 6.43. The third-order valence-corrected chi connectivity index (χ3v) is 4.74. The summed E-state index contributed by atoms with van der Waals surface area (Å²) in [6.07, 6.45) is 4.49. The number of amides is 3. The molecule has 1 aliphatic heterocycles. The Morgan fingerprint density at radius 1 is 1.19 bits per heavy atom. The number of carbonyl (C=O) groups excluding carboxylic acids is 2. The monoisotopic (exact) mass is 297 g/mol. The summed E-state index contributed by atoms with van der Waals surface area (Å²) in [5.41, 5.74) is 0. The lowest BCUT2D eigenvalue weighted by atomic mass is 9.95. The van der Waals surface area contributed by atoms with E-state index in [0.29, 0.717) is 13.1 Å². The SMILES string of the molecule is CN(C)C(=O)N1CCC(C(=O)NC2CCCC2CO)CC1. The first-order chi connectivity index (χ1) is 10.0. The van der Waals surface area contributed by atoms with Crippen LogP contribution in [0.3, 0.4) is 0 Å².